The van der Waals surface area contributed by atoms with Crippen LogP contribution in [-0.4, -0.2) is 25.0 Å². The molecule has 3 atom stereocenters. The van der Waals surface area contributed by atoms with Gasteiger partial charge in [0.25, 0.3) is 0 Å². The molecule has 31 heavy (non-hydrogen) atoms. The lowest BCUT2D eigenvalue weighted by molar-refractivity contribution is -0.270. The molecule has 0 fully saturated rings. The summed E-state index contributed by atoms with van der Waals surface area (Å²) in [6.45, 7) is 11.5. The van der Waals surface area contributed by atoms with E-state index >= 15 is 0 Å². The molecule has 2 aliphatic rings. The van der Waals surface area contributed by atoms with Crippen molar-refractivity contribution in [3.05, 3.63) is 45.6 Å². The van der Waals surface area contributed by atoms with Crippen LogP contribution in [0.25, 0.3) is 0 Å². The zero-order valence-electron chi connectivity index (χ0n) is 19.4. The number of hydrogen-bond donors (Lipinski definition) is 0. The van der Waals surface area contributed by atoms with Crippen LogP contribution >= 0.6 is 0 Å². The van der Waals surface area contributed by atoms with Gasteiger partial charge in [0.1, 0.15) is 12.0 Å². The predicted molar refractivity (Wildman–Crippen MR) is 118 cm³/mol. The number of benzene rings is 1. The van der Waals surface area contributed by atoms with Gasteiger partial charge in [-0.15, -0.1) is 0 Å². The van der Waals surface area contributed by atoms with Gasteiger partial charge in [-0.2, -0.15) is 0 Å². The van der Waals surface area contributed by atoms with Crippen LogP contribution in [0, 0.1) is 17.3 Å². The Morgan fingerprint density at radius 2 is 1.94 bits per heavy atom. The number of fused-ring (bicyclic) bond motifs is 2. The van der Waals surface area contributed by atoms with Crippen molar-refractivity contribution in [1.29, 1.82) is 0 Å². The Bertz CT molecular complexity index is 1020. The first-order chi connectivity index (χ1) is 14.5. The zero-order valence-corrected chi connectivity index (χ0v) is 19.4. The third-order valence-corrected chi connectivity index (χ3v) is 6.96. The highest BCUT2D eigenvalue weighted by atomic mass is 16.5. The molecule has 0 aliphatic heterocycles. The van der Waals surface area contributed by atoms with Crippen molar-refractivity contribution in [2.45, 2.75) is 60.3 Å². The Balaban J connectivity index is 2.38. The molecule has 2 aliphatic carbocycles. The average Bonchev–Trinajstić information content (AvgIpc) is 2.71. The van der Waals surface area contributed by atoms with E-state index in [1.54, 1.807) is 0 Å². The molecule has 0 aromatic heterocycles. The summed E-state index contributed by atoms with van der Waals surface area (Å²) in [5.41, 5.74) is 1.64. The number of hydrogen-bond acceptors (Lipinski definition) is 5. The summed E-state index contributed by atoms with van der Waals surface area (Å²) in [6, 6.07) is 0. The molecular formula is C26H31O5-. The third-order valence-electron chi connectivity index (χ3n) is 6.96. The van der Waals surface area contributed by atoms with E-state index in [0.29, 0.717) is 24.7 Å². The molecule has 3 rings (SSSR count). The lowest BCUT2D eigenvalue weighted by Crippen LogP contribution is -2.51. The summed E-state index contributed by atoms with van der Waals surface area (Å²) in [5.74, 6) is -2.08. The van der Waals surface area contributed by atoms with E-state index < -0.39 is 17.1 Å². The Kier molecular flexibility index (Phi) is 6.01. The molecule has 0 bridgehead atoms. The summed E-state index contributed by atoms with van der Waals surface area (Å²) >= 11 is 0. The fourth-order valence-electron chi connectivity index (χ4n) is 5.29. The summed E-state index contributed by atoms with van der Waals surface area (Å²) in [7, 11) is 1.35. The molecule has 0 saturated carbocycles. The lowest BCUT2D eigenvalue weighted by Gasteiger charge is -2.47. The van der Waals surface area contributed by atoms with Crippen LogP contribution in [-0.2, 0) is 0 Å². The molecule has 0 radical (unpaired) electrons. The Labute approximate surface area is 184 Å². The predicted octanol–water partition coefficient (Wildman–Crippen LogP) is 5.03. The number of rotatable bonds is 5. The maximum absolute atomic E-state index is 14.0. The van der Waals surface area contributed by atoms with Gasteiger partial charge in [0.2, 0.25) is 0 Å². The fraction of sp³-hybridized carbons (Fsp3) is 0.500. The minimum absolute atomic E-state index is 0.00567. The van der Waals surface area contributed by atoms with Crippen molar-refractivity contribution >= 4 is 17.9 Å². The number of ketones is 2. The molecule has 5 nitrogen and oxygen atoms in total. The maximum Gasteiger partial charge on any atom is 0.170 e. The number of aldehydes is 1. The number of carbonyl (C=O) groups is 3. The van der Waals surface area contributed by atoms with Gasteiger partial charge in [-0.3, -0.25) is 14.4 Å². The zero-order chi connectivity index (χ0) is 23.2. The van der Waals surface area contributed by atoms with Crippen LogP contribution < -0.4 is 9.84 Å². The number of allylic oxidation sites excluding steroid dienone is 4. The second kappa shape index (κ2) is 8.10. The molecule has 1 aromatic carbocycles. The van der Waals surface area contributed by atoms with Crippen molar-refractivity contribution in [2.75, 3.05) is 7.11 Å². The first kappa shape index (κ1) is 23.0. The summed E-state index contributed by atoms with van der Waals surface area (Å²) in [4.78, 5) is 39.9. The van der Waals surface area contributed by atoms with Crippen LogP contribution in [0.5, 0.6) is 11.5 Å². The Morgan fingerprint density at radius 1 is 1.29 bits per heavy atom. The second-order valence-electron chi connectivity index (χ2n) is 9.58. The highest BCUT2D eigenvalue weighted by molar-refractivity contribution is 6.22. The first-order valence-corrected chi connectivity index (χ1v) is 10.8. The monoisotopic (exact) mass is 423 g/mol. The van der Waals surface area contributed by atoms with Gasteiger partial charge in [0.15, 0.2) is 11.6 Å². The van der Waals surface area contributed by atoms with Gasteiger partial charge in [0, 0.05) is 33.6 Å². The van der Waals surface area contributed by atoms with Crippen LogP contribution in [0.15, 0.2) is 23.3 Å². The van der Waals surface area contributed by atoms with Gasteiger partial charge in [0.05, 0.1) is 7.11 Å². The van der Waals surface area contributed by atoms with E-state index in [2.05, 4.69) is 12.2 Å². The van der Waals surface area contributed by atoms with Gasteiger partial charge in [-0.05, 0) is 45.4 Å². The highest BCUT2D eigenvalue weighted by Gasteiger charge is 2.56. The number of methoxy groups -OCH3 is 1. The topological polar surface area (TPSA) is 83.5 Å². The highest BCUT2D eigenvalue weighted by Crippen LogP contribution is 2.55. The van der Waals surface area contributed by atoms with E-state index in [0.717, 1.165) is 11.1 Å². The van der Waals surface area contributed by atoms with Crippen molar-refractivity contribution < 1.29 is 24.2 Å². The SMILES string of the molecule is COc1c([O-])c(C=O)c2c(c1C(C)C)C(=O)C1(C)CC=C(C)C(CC=C(C)C)C1C2=O. The first-order valence-electron chi connectivity index (χ1n) is 10.8. The van der Waals surface area contributed by atoms with Crippen LogP contribution in [0.1, 0.15) is 96.9 Å². The second-order valence-corrected chi connectivity index (χ2v) is 9.58. The van der Waals surface area contributed by atoms with Gasteiger partial charge in [-0.25, -0.2) is 0 Å². The van der Waals surface area contributed by atoms with Crippen molar-refractivity contribution in [1.82, 2.24) is 0 Å². The van der Waals surface area contributed by atoms with Crippen LogP contribution in [0.4, 0.5) is 0 Å². The fourth-order valence-corrected chi connectivity index (χ4v) is 5.29. The number of ether oxygens (including phenoxy) is 1. The normalized spacial score (nSPS) is 25.0. The van der Waals surface area contributed by atoms with Crippen LogP contribution in [0.3, 0.4) is 0 Å². The molecule has 3 unspecified atom stereocenters. The van der Waals surface area contributed by atoms with Crippen LogP contribution in [0.2, 0.25) is 0 Å². The molecule has 1 aromatic rings. The largest absolute Gasteiger partial charge is 0.869 e. The summed E-state index contributed by atoms with van der Waals surface area (Å²) in [6.07, 6.45) is 5.62. The van der Waals surface area contributed by atoms with Crippen molar-refractivity contribution in [3.8, 4) is 11.5 Å². The summed E-state index contributed by atoms with van der Waals surface area (Å²) < 4.78 is 5.35. The molecule has 0 N–H and O–H groups in total. The molecule has 0 saturated heterocycles. The number of Topliss-reactive ketones (excluding diaryl/α,β-unsaturated/α-hetero) is 2. The van der Waals surface area contributed by atoms with Gasteiger partial charge < -0.3 is 9.84 Å². The minimum atomic E-state index is -0.928. The van der Waals surface area contributed by atoms with E-state index in [4.69, 9.17) is 4.74 Å². The molecule has 0 amide bonds. The minimum Gasteiger partial charge on any atom is -0.869 e. The summed E-state index contributed by atoms with van der Waals surface area (Å²) in [5, 5.41) is 13.0. The van der Waals surface area contributed by atoms with E-state index in [-0.39, 0.29) is 45.8 Å². The van der Waals surface area contributed by atoms with E-state index in [1.807, 2.05) is 41.5 Å². The molecular weight excluding hydrogens is 392 g/mol. The van der Waals surface area contributed by atoms with Crippen molar-refractivity contribution in [2.24, 2.45) is 17.3 Å². The smallest absolute Gasteiger partial charge is 0.170 e. The third kappa shape index (κ3) is 3.35. The van der Waals surface area contributed by atoms with Crippen molar-refractivity contribution in [3.63, 3.8) is 0 Å². The quantitative estimate of drug-likeness (QED) is 0.490. The number of carbonyl (C=O) groups excluding carboxylic acids is 3. The van der Waals surface area contributed by atoms with E-state index in [9.17, 15) is 19.5 Å². The Morgan fingerprint density at radius 3 is 2.45 bits per heavy atom. The molecule has 0 heterocycles. The Hall–Kier alpha value is -2.69. The standard InChI is InChI=1S/C26H32O5/c1-13(2)8-9-16-15(5)10-11-26(6)21(16)23(29)19-17(12-27)22(28)24(31-7)18(14(3)4)20(19)25(26)30/h8,10,12,14,16,21,28H,9,11H2,1-7H3/p-1. The average molecular weight is 424 g/mol. The van der Waals surface area contributed by atoms with Gasteiger partial charge in [-0.1, -0.05) is 49.8 Å². The molecule has 5 heteroatoms. The van der Waals surface area contributed by atoms with Gasteiger partial charge >= 0.3 is 0 Å². The maximum atomic E-state index is 14.0. The lowest BCUT2D eigenvalue weighted by atomic mass is 9.53. The molecule has 0 spiro atoms. The molecule has 166 valence electrons. The van der Waals surface area contributed by atoms with E-state index in [1.165, 1.54) is 7.11 Å².